The zero-order chi connectivity index (χ0) is 14.0. The molecule has 19 heavy (non-hydrogen) atoms. The van der Waals surface area contributed by atoms with Crippen molar-refractivity contribution in [2.24, 2.45) is 15.2 Å². The first-order valence-corrected chi connectivity index (χ1v) is 6.77. The minimum Gasteiger partial charge on any atom is -0.258 e. The molecular weight excluding hydrogens is 322 g/mol. The number of nitrogens with zero attached hydrogens (tertiary/aromatic N) is 3. The van der Waals surface area contributed by atoms with Crippen LogP contribution in [-0.2, 0) is 6.18 Å². The number of rotatable bonds is 1. The number of amidine groups is 1. The zero-order valence-electron chi connectivity index (χ0n) is 9.21. The summed E-state index contributed by atoms with van der Waals surface area (Å²) in [5.74, 6) is 0.808. The molecule has 1 aromatic carbocycles. The van der Waals surface area contributed by atoms with Gasteiger partial charge in [-0.05, 0) is 12.1 Å². The monoisotopic (exact) mass is 327 g/mol. The summed E-state index contributed by atoms with van der Waals surface area (Å²) < 4.78 is 37.6. The molecule has 0 unspecified atom stereocenters. The van der Waals surface area contributed by atoms with Crippen LogP contribution in [0.15, 0.2) is 27.4 Å². The van der Waals surface area contributed by atoms with Gasteiger partial charge in [0.25, 0.3) is 0 Å². The highest BCUT2D eigenvalue weighted by molar-refractivity contribution is 8.14. The average Bonchev–Trinajstić information content (AvgIpc) is 2.79. The van der Waals surface area contributed by atoms with Gasteiger partial charge in [-0.1, -0.05) is 35.0 Å². The molecule has 0 fully saturated rings. The van der Waals surface area contributed by atoms with Crippen molar-refractivity contribution >= 4 is 45.8 Å². The summed E-state index contributed by atoms with van der Waals surface area (Å²) >= 11 is 12.9. The third-order valence-corrected chi connectivity index (χ3v) is 3.58. The van der Waals surface area contributed by atoms with E-state index in [2.05, 4.69) is 15.2 Å². The van der Waals surface area contributed by atoms with E-state index in [1.807, 2.05) is 0 Å². The maximum Gasteiger partial charge on any atom is 0.416 e. The van der Waals surface area contributed by atoms with Crippen molar-refractivity contribution in [1.82, 2.24) is 0 Å². The predicted molar refractivity (Wildman–Crippen MR) is 70.7 cm³/mol. The second-order valence-corrected chi connectivity index (χ2v) is 5.38. The van der Waals surface area contributed by atoms with Crippen molar-refractivity contribution in [1.29, 1.82) is 0 Å². The van der Waals surface area contributed by atoms with Crippen LogP contribution in [0.25, 0.3) is 0 Å². The molecule has 1 aliphatic rings. The Kier molecular flexibility index (Phi) is 4.37. The van der Waals surface area contributed by atoms with Gasteiger partial charge in [-0.25, -0.2) is 0 Å². The molecule has 0 N–H and O–H groups in total. The first-order valence-electron chi connectivity index (χ1n) is 5.03. The molecule has 0 saturated carbocycles. The van der Waals surface area contributed by atoms with Crippen LogP contribution in [0.5, 0.6) is 0 Å². The Bertz CT molecular complexity index is 534. The highest BCUT2D eigenvalue weighted by Gasteiger charge is 2.32. The van der Waals surface area contributed by atoms with Gasteiger partial charge in [-0.3, -0.25) is 4.99 Å². The molecule has 0 aliphatic carbocycles. The van der Waals surface area contributed by atoms with E-state index in [-0.39, 0.29) is 15.7 Å². The Hall–Kier alpha value is -0.790. The summed E-state index contributed by atoms with van der Waals surface area (Å²) in [5, 5.41) is 7.61. The normalized spacial score (nSPS) is 16.2. The quantitative estimate of drug-likeness (QED) is 0.653. The predicted octanol–water partition coefficient (Wildman–Crippen LogP) is 5.20. The van der Waals surface area contributed by atoms with E-state index in [1.165, 1.54) is 11.8 Å². The molecule has 1 heterocycles. The summed E-state index contributed by atoms with van der Waals surface area (Å²) in [6.07, 6.45) is -4.51. The van der Waals surface area contributed by atoms with Gasteiger partial charge >= 0.3 is 6.18 Å². The van der Waals surface area contributed by atoms with Gasteiger partial charge in [-0.15, -0.1) is 10.2 Å². The Morgan fingerprint density at radius 1 is 1.16 bits per heavy atom. The minimum atomic E-state index is -4.51. The molecule has 9 heteroatoms. The van der Waals surface area contributed by atoms with E-state index in [4.69, 9.17) is 23.2 Å². The SMILES string of the molecule is FC(F)(F)c1cc(Cl)c(N=NC2=NCCS2)c(Cl)c1. The Morgan fingerprint density at radius 2 is 1.79 bits per heavy atom. The molecule has 1 aliphatic heterocycles. The molecule has 0 spiro atoms. The Morgan fingerprint density at radius 3 is 2.26 bits per heavy atom. The molecule has 0 atom stereocenters. The number of halogens is 5. The van der Waals surface area contributed by atoms with Crippen molar-refractivity contribution in [3.05, 3.63) is 27.7 Å². The molecule has 0 radical (unpaired) electrons. The van der Waals surface area contributed by atoms with E-state index in [0.717, 1.165) is 17.9 Å². The molecule has 0 amide bonds. The lowest BCUT2D eigenvalue weighted by Crippen LogP contribution is -2.04. The van der Waals surface area contributed by atoms with Crippen LogP contribution in [-0.4, -0.2) is 17.5 Å². The lowest BCUT2D eigenvalue weighted by molar-refractivity contribution is -0.137. The second kappa shape index (κ2) is 5.68. The summed E-state index contributed by atoms with van der Waals surface area (Å²) in [5.41, 5.74) is -0.916. The van der Waals surface area contributed by atoms with Crippen LogP contribution in [0.1, 0.15) is 5.56 Å². The van der Waals surface area contributed by atoms with Crippen molar-refractivity contribution in [2.75, 3.05) is 12.3 Å². The van der Waals surface area contributed by atoms with Gasteiger partial charge in [0, 0.05) is 5.75 Å². The molecule has 1 aromatic rings. The topological polar surface area (TPSA) is 37.1 Å². The first kappa shape index (κ1) is 14.6. The molecule has 0 aromatic heterocycles. The van der Waals surface area contributed by atoms with Crippen LogP contribution in [0.3, 0.4) is 0 Å². The third-order valence-electron chi connectivity index (χ3n) is 2.15. The number of aliphatic imine (C=N–C) groups is 1. The fraction of sp³-hybridized carbons (Fsp3) is 0.300. The van der Waals surface area contributed by atoms with Gasteiger partial charge in [0.2, 0.25) is 5.17 Å². The van der Waals surface area contributed by atoms with Crippen LogP contribution in [0, 0.1) is 0 Å². The largest absolute Gasteiger partial charge is 0.416 e. The van der Waals surface area contributed by atoms with E-state index >= 15 is 0 Å². The molecule has 102 valence electrons. The van der Waals surface area contributed by atoms with E-state index in [9.17, 15) is 13.2 Å². The molecule has 3 nitrogen and oxygen atoms in total. The highest BCUT2D eigenvalue weighted by Crippen LogP contribution is 2.40. The van der Waals surface area contributed by atoms with Gasteiger partial charge in [-0.2, -0.15) is 13.2 Å². The lowest BCUT2D eigenvalue weighted by Gasteiger charge is -2.09. The number of alkyl halides is 3. The summed E-state index contributed by atoms with van der Waals surface area (Å²) in [7, 11) is 0. The lowest BCUT2D eigenvalue weighted by atomic mass is 10.2. The number of azo groups is 1. The number of hydrogen-bond donors (Lipinski definition) is 0. The van der Waals surface area contributed by atoms with E-state index < -0.39 is 11.7 Å². The van der Waals surface area contributed by atoms with E-state index in [0.29, 0.717) is 11.7 Å². The number of benzene rings is 1. The molecular formula is C10H6Cl2F3N3S. The molecule has 0 saturated heterocycles. The number of hydrogen-bond acceptors (Lipinski definition) is 4. The van der Waals surface area contributed by atoms with Gasteiger partial charge < -0.3 is 0 Å². The van der Waals surface area contributed by atoms with Crippen molar-refractivity contribution in [2.45, 2.75) is 6.18 Å². The maximum atomic E-state index is 12.5. The standard InChI is InChI=1S/C10H6Cl2F3N3S/c11-6-3-5(10(13,14)15)4-7(12)8(6)17-18-9-16-1-2-19-9/h3-4H,1-2H2. The van der Waals surface area contributed by atoms with Gasteiger partial charge in [0.15, 0.2) is 0 Å². The maximum absolute atomic E-state index is 12.5. The smallest absolute Gasteiger partial charge is 0.258 e. The van der Waals surface area contributed by atoms with Crippen LogP contribution < -0.4 is 0 Å². The number of thioether (sulfide) groups is 1. The third kappa shape index (κ3) is 3.61. The van der Waals surface area contributed by atoms with Crippen molar-refractivity contribution in [3.8, 4) is 0 Å². The van der Waals surface area contributed by atoms with Crippen LogP contribution in [0.4, 0.5) is 18.9 Å². The van der Waals surface area contributed by atoms with E-state index in [1.54, 1.807) is 0 Å². The van der Waals surface area contributed by atoms with Crippen LogP contribution in [0.2, 0.25) is 10.0 Å². The minimum absolute atomic E-state index is 0.00605. The van der Waals surface area contributed by atoms with Crippen LogP contribution >= 0.6 is 35.0 Å². The fourth-order valence-electron chi connectivity index (χ4n) is 1.30. The second-order valence-electron chi connectivity index (χ2n) is 3.50. The highest BCUT2D eigenvalue weighted by atomic mass is 35.5. The van der Waals surface area contributed by atoms with Gasteiger partial charge in [0.05, 0.1) is 22.2 Å². The van der Waals surface area contributed by atoms with Crippen molar-refractivity contribution in [3.63, 3.8) is 0 Å². The first-order chi connectivity index (χ1) is 8.88. The average molecular weight is 328 g/mol. The molecule has 0 bridgehead atoms. The summed E-state index contributed by atoms with van der Waals surface area (Å²) in [6.45, 7) is 0.646. The summed E-state index contributed by atoms with van der Waals surface area (Å²) in [6, 6.07) is 1.54. The Balaban J connectivity index is 2.32. The van der Waals surface area contributed by atoms with Crippen molar-refractivity contribution < 1.29 is 13.2 Å². The Labute approximate surface area is 120 Å². The summed E-state index contributed by atoms with van der Waals surface area (Å²) in [4.78, 5) is 4.02. The molecule has 2 rings (SSSR count). The zero-order valence-corrected chi connectivity index (χ0v) is 11.5. The fourth-order valence-corrected chi connectivity index (χ4v) is 2.51. The van der Waals surface area contributed by atoms with Gasteiger partial charge in [0.1, 0.15) is 5.69 Å².